The Morgan fingerprint density at radius 1 is 0.944 bits per heavy atom. The maximum Gasteiger partial charge on any atom is 0.273 e. The van der Waals surface area contributed by atoms with E-state index >= 15 is 0 Å². The Bertz CT molecular complexity index is 318. The molecule has 0 fully saturated rings. The summed E-state index contributed by atoms with van der Waals surface area (Å²) in [6.45, 7) is 10.1. The normalized spacial score (nSPS) is 30.2. The number of hydrogen-bond donors (Lipinski definition) is 0. The van der Waals surface area contributed by atoms with Crippen molar-refractivity contribution < 1.29 is 9.47 Å². The van der Waals surface area contributed by atoms with Gasteiger partial charge in [-0.15, -0.1) is 0 Å². The van der Waals surface area contributed by atoms with Gasteiger partial charge in [-0.25, -0.2) is 9.98 Å². The number of aliphatic imine (C=N–C) groups is 2. The highest BCUT2D eigenvalue weighted by Gasteiger charge is 2.32. The van der Waals surface area contributed by atoms with E-state index in [0.717, 1.165) is 12.8 Å². The highest BCUT2D eigenvalue weighted by Crippen LogP contribution is 2.21. The summed E-state index contributed by atoms with van der Waals surface area (Å²) in [5.41, 5.74) is 0. The first-order valence-corrected chi connectivity index (χ1v) is 7.07. The monoisotopic (exact) mass is 252 g/mol. The molecule has 0 aromatic carbocycles. The molecule has 2 heterocycles. The summed E-state index contributed by atoms with van der Waals surface area (Å²) in [5.74, 6) is 2.34. The molecule has 0 N–H and O–H groups in total. The molecule has 0 saturated heterocycles. The zero-order chi connectivity index (χ0) is 13.1. The van der Waals surface area contributed by atoms with Crippen LogP contribution in [0.25, 0.3) is 0 Å². The van der Waals surface area contributed by atoms with Crippen LogP contribution >= 0.6 is 0 Å². The third kappa shape index (κ3) is 2.68. The van der Waals surface area contributed by atoms with Gasteiger partial charge in [0.1, 0.15) is 13.2 Å². The molecular weight excluding hydrogens is 228 g/mol. The summed E-state index contributed by atoms with van der Waals surface area (Å²) in [4.78, 5) is 9.20. The lowest BCUT2D eigenvalue weighted by molar-refractivity contribution is 0.265. The van der Waals surface area contributed by atoms with Crippen LogP contribution < -0.4 is 0 Å². The molecule has 0 aromatic rings. The molecule has 4 atom stereocenters. The van der Waals surface area contributed by atoms with Crippen LogP contribution in [0, 0.1) is 11.8 Å². The molecule has 0 amide bonds. The second-order valence-corrected chi connectivity index (χ2v) is 5.40. The fraction of sp³-hybridized carbons (Fsp3) is 0.857. The van der Waals surface area contributed by atoms with Crippen LogP contribution in [-0.2, 0) is 9.47 Å². The fourth-order valence-electron chi connectivity index (χ4n) is 2.14. The van der Waals surface area contributed by atoms with Crippen molar-refractivity contribution in [2.24, 2.45) is 21.8 Å². The maximum absolute atomic E-state index is 5.63. The second kappa shape index (κ2) is 5.72. The Morgan fingerprint density at radius 3 is 1.67 bits per heavy atom. The average Bonchev–Trinajstić information content (AvgIpc) is 3.04. The standard InChI is InChI=1S/C14H24N2O2/c1-5-9(3)11-7-17-13(15-11)14-16-12(8-18-14)10(4)6-2/h9-12H,5-8H2,1-4H3/t9?,10?,11-,12-/m0/s1. The number of ether oxygens (including phenoxy) is 2. The van der Waals surface area contributed by atoms with Gasteiger partial charge in [-0.2, -0.15) is 0 Å². The number of rotatable bonds is 5. The van der Waals surface area contributed by atoms with Crippen LogP contribution in [0.5, 0.6) is 0 Å². The van der Waals surface area contributed by atoms with Gasteiger partial charge in [0.15, 0.2) is 0 Å². The maximum atomic E-state index is 5.63. The van der Waals surface area contributed by atoms with Crippen LogP contribution in [0.2, 0.25) is 0 Å². The molecule has 0 aliphatic carbocycles. The molecule has 2 aliphatic rings. The van der Waals surface area contributed by atoms with E-state index in [1.807, 2.05) is 0 Å². The summed E-state index contributed by atoms with van der Waals surface area (Å²) in [6, 6.07) is 0.526. The van der Waals surface area contributed by atoms with Crippen molar-refractivity contribution in [3.05, 3.63) is 0 Å². The predicted molar refractivity (Wildman–Crippen MR) is 73.3 cm³/mol. The lowest BCUT2D eigenvalue weighted by Crippen LogP contribution is -2.16. The summed E-state index contributed by atoms with van der Waals surface area (Å²) in [7, 11) is 0. The average molecular weight is 252 g/mol. The van der Waals surface area contributed by atoms with Gasteiger partial charge in [-0.1, -0.05) is 40.5 Å². The van der Waals surface area contributed by atoms with E-state index in [1.165, 1.54) is 0 Å². The quantitative estimate of drug-likeness (QED) is 0.755. The van der Waals surface area contributed by atoms with Gasteiger partial charge in [0.05, 0.1) is 12.1 Å². The van der Waals surface area contributed by atoms with Crippen LogP contribution in [0.4, 0.5) is 0 Å². The number of hydrogen-bond acceptors (Lipinski definition) is 4. The van der Waals surface area contributed by atoms with Crippen molar-refractivity contribution in [3.63, 3.8) is 0 Å². The molecule has 0 spiro atoms. The first-order chi connectivity index (χ1) is 8.65. The minimum Gasteiger partial charge on any atom is -0.472 e. The third-order valence-corrected chi connectivity index (χ3v) is 4.13. The Balaban J connectivity index is 2.01. The van der Waals surface area contributed by atoms with Crippen molar-refractivity contribution in [1.82, 2.24) is 0 Å². The predicted octanol–water partition coefficient (Wildman–Crippen LogP) is 2.67. The summed E-state index contributed by atoms with van der Waals surface area (Å²) >= 11 is 0. The lowest BCUT2D eigenvalue weighted by Gasteiger charge is -2.11. The topological polar surface area (TPSA) is 43.2 Å². The van der Waals surface area contributed by atoms with Crippen LogP contribution in [0.15, 0.2) is 9.98 Å². The van der Waals surface area contributed by atoms with Crippen LogP contribution in [0.1, 0.15) is 40.5 Å². The molecule has 0 radical (unpaired) electrons. The molecule has 102 valence electrons. The zero-order valence-electron chi connectivity index (χ0n) is 11.8. The largest absolute Gasteiger partial charge is 0.472 e. The van der Waals surface area contributed by atoms with Crippen LogP contribution in [-0.4, -0.2) is 37.1 Å². The molecule has 2 unspecified atom stereocenters. The van der Waals surface area contributed by atoms with E-state index in [2.05, 4.69) is 37.7 Å². The van der Waals surface area contributed by atoms with Crippen molar-refractivity contribution >= 4 is 11.8 Å². The number of nitrogens with zero attached hydrogens (tertiary/aromatic N) is 2. The summed E-state index contributed by atoms with van der Waals surface area (Å²) in [6.07, 6.45) is 2.24. The zero-order valence-corrected chi connectivity index (χ0v) is 11.8. The molecular formula is C14H24N2O2. The molecule has 0 aromatic heterocycles. The van der Waals surface area contributed by atoms with Crippen molar-refractivity contribution in [3.8, 4) is 0 Å². The molecule has 4 nitrogen and oxygen atoms in total. The minimum absolute atomic E-state index is 0.263. The van der Waals surface area contributed by atoms with Crippen molar-refractivity contribution in [2.75, 3.05) is 13.2 Å². The van der Waals surface area contributed by atoms with Crippen molar-refractivity contribution in [1.29, 1.82) is 0 Å². The second-order valence-electron chi connectivity index (χ2n) is 5.40. The highest BCUT2D eigenvalue weighted by molar-refractivity contribution is 6.36. The van der Waals surface area contributed by atoms with Crippen LogP contribution in [0.3, 0.4) is 0 Å². The first kappa shape index (κ1) is 13.4. The molecule has 0 saturated carbocycles. The first-order valence-electron chi connectivity index (χ1n) is 7.07. The van der Waals surface area contributed by atoms with E-state index in [-0.39, 0.29) is 12.1 Å². The summed E-state index contributed by atoms with van der Waals surface area (Å²) < 4.78 is 11.3. The molecule has 2 rings (SSSR count). The lowest BCUT2D eigenvalue weighted by atomic mass is 10.0. The van der Waals surface area contributed by atoms with Gasteiger partial charge in [0.2, 0.25) is 0 Å². The van der Waals surface area contributed by atoms with E-state index in [0.29, 0.717) is 36.8 Å². The minimum atomic E-state index is 0.263. The van der Waals surface area contributed by atoms with Gasteiger partial charge >= 0.3 is 0 Å². The van der Waals surface area contributed by atoms with E-state index in [1.54, 1.807) is 0 Å². The van der Waals surface area contributed by atoms with Gasteiger partial charge in [0.25, 0.3) is 11.8 Å². The van der Waals surface area contributed by atoms with E-state index in [9.17, 15) is 0 Å². The molecule has 4 heteroatoms. The highest BCUT2D eigenvalue weighted by atomic mass is 16.5. The summed E-state index contributed by atoms with van der Waals surface area (Å²) in [5, 5.41) is 0. The Hall–Kier alpha value is -1.06. The van der Waals surface area contributed by atoms with E-state index in [4.69, 9.17) is 9.47 Å². The van der Waals surface area contributed by atoms with Gasteiger partial charge in [0, 0.05) is 0 Å². The molecule has 0 bridgehead atoms. The van der Waals surface area contributed by atoms with E-state index < -0.39 is 0 Å². The van der Waals surface area contributed by atoms with Gasteiger partial charge in [-0.05, 0) is 11.8 Å². The SMILES string of the molecule is CCC(C)[C@@H]1COC(C2=N[C@H](C(C)CC)CO2)=N1. The Labute approximate surface area is 109 Å². The molecule has 18 heavy (non-hydrogen) atoms. The molecule has 2 aliphatic heterocycles. The smallest absolute Gasteiger partial charge is 0.273 e. The van der Waals surface area contributed by atoms with Crippen molar-refractivity contribution in [2.45, 2.75) is 52.6 Å². The van der Waals surface area contributed by atoms with Gasteiger partial charge < -0.3 is 9.47 Å². The Kier molecular flexibility index (Phi) is 4.25. The third-order valence-electron chi connectivity index (χ3n) is 4.13. The Morgan fingerprint density at radius 2 is 1.33 bits per heavy atom. The fourth-order valence-corrected chi connectivity index (χ4v) is 2.14. The van der Waals surface area contributed by atoms with Gasteiger partial charge in [-0.3, -0.25) is 0 Å².